The molecular weight excluding hydrogens is 256 g/mol. The number of halogens is 1. The van der Waals surface area contributed by atoms with Gasteiger partial charge < -0.3 is 15.6 Å². The summed E-state index contributed by atoms with van der Waals surface area (Å²) in [5, 5.41) is 6.30. The van der Waals surface area contributed by atoms with Crippen molar-refractivity contribution >= 4 is 17.5 Å². The summed E-state index contributed by atoms with van der Waals surface area (Å²) in [5.74, 6) is -0.352. The molecule has 3 N–H and O–H groups in total. The van der Waals surface area contributed by atoms with Gasteiger partial charge in [0.25, 0.3) is 11.5 Å². The predicted octanol–water partition coefficient (Wildman–Crippen LogP) is 0.0460. The molecule has 18 heavy (non-hydrogen) atoms. The van der Waals surface area contributed by atoms with Crippen LogP contribution in [0.1, 0.15) is 29.9 Å². The van der Waals surface area contributed by atoms with E-state index in [-0.39, 0.29) is 22.8 Å². The van der Waals surface area contributed by atoms with Crippen LogP contribution in [-0.2, 0) is 0 Å². The Bertz CT molecular complexity index is 544. The molecule has 3 atom stereocenters. The lowest BCUT2D eigenvalue weighted by Crippen LogP contribution is -2.43. The third-order valence-corrected chi connectivity index (χ3v) is 3.86. The van der Waals surface area contributed by atoms with E-state index < -0.39 is 5.56 Å². The predicted molar refractivity (Wildman–Crippen MR) is 65.7 cm³/mol. The Hall–Kier alpha value is -1.40. The smallest absolute Gasteiger partial charge is 0.287 e. The molecule has 2 fully saturated rings. The van der Waals surface area contributed by atoms with Crippen LogP contribution in [0.3, 0.4) is 0 Å². The highest BCUT2D eigenvalue weighted by atomic mass is 35.5. The van der Waals surface area contributed by atoms with Crippen LogP contribution in [0.5, 0.6) is 0 Å². The molecule has 96 valence electrons. The fourth-order valence-corrected chi connectivity index (χ4v) is 2.81. The maximum atomic E-state index is 11.9. The third-order valence-electron chi connectivity index (χ3n) is 3.59. The summed E-state index contributed by atoms with van der Waals surface area (Å²) < 4.78 is 0. The van der Waals surface area contributed by atoms with Gasteiger partial charge in [0.1, 0.15) is 5.02 Å². The van der Waals surface area contributed by atoms with Gasteiger partial charge in [-0.2, -0.15) is 0 Å². The maximum absolute atomic E-state index is 11.9. The van der Waals surface area contributed by atoms with E-state index in [1.165, 1.54) is 12.6 Å². The van der Waals surface area contributed by atoms with Crippen LogP contribution in [0, 0.1) is 0 Å². The Balaban J connectivity index is 1.71. The molecule has 0 radical (unpaired) electrons. The minimum Gasteiger partial charge on any atom is -0.345 e. The van der Waals surface area contributed by atoms with E-state index in [0.717, 1.165) is 12.8 Å². The molecule has 2 bridgehead atoms. The molecule has 0 saturated carbocycles. The molecule has 1 aromatic heterocycles. The zero-order valence-electron chi connectivity index (χ0n) is 9.57. The summed E-state index contributed by atoms with van der Waals surface area (Å²) in [6.07, 6.45) is 4.38. The Kier molecular flexibility index (Phi) is 2.83. The number of carbonyl (C=O) groups is 1. The van der Waals surface area contributed by atoms with E-state index in [0.29, 0.717) is 12.1 Å². The monoisotopic (exact) mass is 268 g/mol. The average Bonchev–Trinajstić information content (AvgIpc) is 2.94. The van der Waals surface area contributed by atoms with E-state index in [1.54, 1.807) is 0 Å². The van der Waals surface area contributed by atoms with Crippen molar-refractivity contribution in [2.75, 3.05) is 0 Å². The minimum absolute atomic E-state index is 0.00664. The van der Waals surface area contributed by atoms with Gasteiger partial charge in [-0.05, 0) is 19.3 Å². The van der Waals surface area contributed by atoms with Crippen molar-refractivity contribution in [3.63, 3.8) is 0 Å². The lowest BCUT2D eigenvalue weighted by molar-refractivity contribution is 0.0920. The number of nitrogens with one attached hydrogen (secondary N) is 3. The number of amides is 1. The van der Waals surface area contributed by atoms with Gasteiger partial charge in [0.15, 0.2) is 5.82 Å². The Labute approximate surface area is 108 Å². The molecule has 0 aliphatic carbocycles. The van der Waals surface area contributed by atoms with Gasteiger partial charge in [0.2, 0.25) is 0 Å². The summed E-state index contributed by atoms with van der Waals surface area (Å²) in [5.41, 5.74) is -0.497. The van der Waals surface area contributed by atoms with Crippen molar-refractivity contribution in [2.45, 2.75) is 37.4 Å². The number of nitrogens with zero attached hydrogens (tertiary/aromatic N) is 1. The number of aromatic nitrogens is 2. The number of rotatable bonds is 2. The fourth-order valence-electron chi connectivity index (χ4n) is 2.72. The summed E-state index contributed by atoms with van der Waals surface area (Å²) in [4.78, 5) is 29.4. The van der Waals surface area contributed by atoms with Crippen LogP contribution in [0.4, 0.5) is 0 Å². The van der Waals surface area contributed by atoms with Gasteiger partial charge in [0, 0.05) is 18.1 Å². The molecule has 3 rings (SSSR count). The molecule has 7 heteroatoms. The Morgan fingerprint density at radius 3 is 2.94 bits per heavy atom. The first-order valence-electron chi connectivity index (χ1n) is 5.95. The molecule has 1 amide bonds. The van der Waals surface area contributed by atoms with E-state index in [9.17, 15) is 9.59 Å². The van der Waals surface area contributed by atoms with Gasteiger partial charge in [-0.15, -0.1) is 0 Å². The quantitative estimate of drug-likeness (QED) is 0.707. The second-order valence-electron chi connectivity index (χ2n) is 4.77. The molecular formula is C11H13ClN4O2. The van der Waals surface area contributed by atoms with Crippen molar-refractivity contribution < 1.29 is 4.79 Å². The minimum atomic E-state index is -0.497. The average molecular weight is 269 g/mol. The molecule has 0 spiro atoms. The molecule has 3 heterocycles. The first-order valence-corrected chi connectivity index (χ1v) is 6.33. The highest BCUT2D eigenvalue weighted by Gasteiger charge is 2.39. The van der Waals surface area contributed by atoms with Crippen LogP contribution in [-0.4, -0.2) is 34.0 Å². The summed E-state index contributed by atoms with van der Waals surface area (Å²) in [6.45, 7) is 0. The SMILES string of the molecule is O=C(NC1CC2CCC1N2)c1ncc(Cl)c(=O)[nH]1. The van der Waals surface area contributed by atoms with Gasteiger partial charge in [-0.3, -0.25) is 9.59 Å². The zero-order chi connectivity index (χ0) is 12.7. The topological polar surface area (TPSA) is 86.9 Å². The molecule has 0 aromatic carbocycles. The number of fused-ring (bicyclic) bond motifs is 2. The van der Waals surface area contributed by atoms with Gasteiger partial charge >= 0.3 is 0 Å². The van der Waals surface area contributed by atoms with Crippen molar-refractivity contribution in [2.24, 2.45) is 0 Å². The van der Waals surface area contributed by atoms with Gasteiger partial charge in [-0.25, -0.2) is 4.98 Å². The summed E-state index contributed by atoms with van der Waals surface area (Å²) >= 11 is 5.56. The molecule has 2 aliphatic rings. The van der Waals surface area contributed by atoms with Gasteiger partial charge in [-0.1, -0.05) is 11.6 Å². The van der Waals surface area contributed by atoms with E-state index in [4.69, 9.17) is 11.6 Å². The molecule has 6 nitrogen and oxygen atoms in total. The highest BCUT2D eigenvalue weighted by Crippen LogP contribution is 2.28. The molecule has 3 unspecified atom stereocenters. The normalized spacial score (nSPS) is 29.5. The number of aromatic amines is 1. The number of hydrogen-bond acceptors (Lipinski definition) is 4. The number of H-pyrrole nitrogens is 1. The molecule has 1 aromatic rings. The highest BCUT2D eigenvalue weighted by molar-refractivity contribution is 6.30. The van der Waals surface area contributed by atoms with Crippen LogP contribution >= 0.6 is 11.6 Å². The lowest BCUT2D eigenvalue weighted by Gasteiger charge is -2.20. The van der Waals surface area contributed by atoms with Crippen molar-refractivity contribution in [3.05, 3.63) is 27.4 Å². The van der Waals surface area contributed by atoms with Crippen molar-refractivity contribution in [1.82, 2.24) is 20.6 Å². The fraction of sp³-hybridized carbons (Fsp3) is 0.545. The zero-order valence-corrected chi connectivity index (χ0v) is 10.3. The van der Waals surface area contributed by atoms with E-state index in [2.05, 4.69) is 20.6 Å². The largest absolute Gasteiger partial charge is 0.345 e. The maximum Gasteiger partial charge on any atom is 0.287 e. The van der Waals surface area contributed by atoms with Crippen LogP contribution in [0.15, 0.2) is 11.0 Å². The van der Waals surface area contributed by atoms with E-state index >= 15 is 0 Å². The molecule has 2 aliphatic heterocycles. The first-order chi connectivity index (χ1) is 8.63. The molecule has 2 saturated heterocycles. The van der Waals surface area contributed by atoms with Crippen molar-refractivity contribution in [1.29, 1.82) is 0 Å². The van der Waals surface area contributed by atoms with Crippen LogP contribution in [0.25, 0.3) is 0 Å². The summed E-state index contributed by atoms with van der Waals surface area (Å²) in [7, 11) is 0. The second kappa shape index (κ2) is 4.37. The number of hydrogen-bond donors (Lipinski definition) is 3. The van der Waals surface area contributed by atoms with Gasteiger partial charge in [0.05, 0.1) is 6.20 Å². The van der Waals surface area contributed by atoms with Crippen molar-refractivity contribution in [3.8, 4) is 0 Å². The first kappa shape index (κ1) is 11.7. The Morgan fingerprint density at radius 1 is 1.50 bits per heavy atom. The van der Waals surface area contributed by atoms with Crippen LogP contribution in [0.2, 0.25) is 5.02 Å². The Morgan fingerprint density at radius 2 is 2.33 bits per heavy atom. The standard InChI is InChI=1S/C11H13ClN4O2/c12-6-4-13-9(16-10(6)17)11(18)15-8-3-5-1-2-7(8)14-5/h4-5,7-8,14H,1-3H2,(H,15,18)(H,13,16,17). The second-order valence-corrected chi connectivity index (χ2v) is 5.18. The third kappa shape index (κ3) is 2.02. The van der Waals surface area contributed by atoms with E-state index in [1.807, 2.05) is 0 Å². The number of carbonyl (C=O) groups excluding carboxylic acids is 1. The van der Waals surface area contributed by atoms with Crippen LogP contribution < -0.4 is 16.2 Å². The lowest BCUT2D eigenvalue weighted by atomic mass is 9.95. The summed E-state index contributed by atoms with van der Waals surface area (Å²) in [6, 6.07) is 0.979.